The molecular formula is C15H14F3N. The van der Waals surface area contributed by atoms with Crippen LogP contribution in [0.2, 0.25) is 0 Å². The van der Waals surface area contributed by atoms with E-state index < -0.39 is 11.7 Å². The van der Waals surface area contributed by atoms with Gasteiger partial charge in [-0.05, 0) is 35.9 Å². The smallest absolute Gasteiger partial charge is 0.316 e. The van der Waals surface area contributed by atoms with Crippen LogP contribution in [0.15, 0.2) is 48.5 Å². The third-order valence-corrected chi connectivity index (χ3v) is 2.86. The van der Waals surface area contributed by atoms with Crippen molar-refractivity contribution in [1.29, 1.82) is 0 Å². The zero-order valence-corrected chi connectivity index (χ0v) is 10.5. The predicted molar refractivity (Wildman–Crippen MR) is 69.6 cm³/mol. The summed E-state index contributed by atoms with van der Waals surface area (Å²) in [4.78, 5) is 0. The van der Waals surface area contributed by atoms with Gasteiger partial charge in [-0.3, -0.25) is 0 Å². The van der Waals surface area contributed by atoms with E-state index in [1.807, 2.05) is 31.3 Å². The van der Waals surface area contributed by atoms with Crippen LogP contribution in [-0.4, -0.2) is 7.05 Å². The summed E-state index contributed by atoms with van der Waals surface area (Å²) >= 11 is 0. The van der Waals surface area contributed by atoms with Crippen molar-refractivity contribution in [2.45, 2.75) is 12.7 Å². The van der Waals surface area contributed by atoms with Crippen LogP contribution in [0.25, 0.3) is 11.1 Å². The Labute approximate surface area is 110 Å². The minimum Gasteiger partial charge on any atom is -0.316 e. The van der Waals surface area contributed by atoms with E-state index in [-0.39, 0.29) is 0 Å². The van der Waals surface area contributed by atoms with Gasteiger partial charge in [-0.25, -0.2) is 0 Å². The highest BCUT2D eigenvalue weighted by Gasteiger charge is 2.30. The second kappa shape index (κ2) is 5.45. The fourth-order valence-corrected chi connectivity index (χ4v) is 1.89. The molecule has 1 nitrogen and oxygen atoms in total. The second-order valence-electron chi connectivity index (χ2n) is 4.31. The van der Waals surface area contributed by atoms with E-state index in [9.17, 15) is 13.2 Å². The van der Waals surface area contributed by atoms with Gasteiger partial charge in [0, 0.05) is 6.54 Å². The molecule has 0 aliphatic heterocycles. The zero-order chi connectivity index (χ0) is 13.9. The van der Waals surface area contributed by atoms with Crippen LogP contribution in [0.3, 0.4) is 0 Å². The molecule has 0 atom stereocenters. The maximum Gasteiger partial charge on any atom is 0.416 e. The van der Waals surface area contributed by atoms with E-state index in [1.54, 1.807) is 6.07 Å². The van der Waals surface area contributed by atoms with Crippen molar-refractivity contribution in [3.63, 3.8) is 0 Å². The van der Waals surface area contributed by atoms with Crippen LogP contribution in [-0.2, 0) is 12.7 Å². The first-order valence-electron chi connectivity index (χ1n) is 5.92. The molecule has 0 aliphatic rings. The standard InChI is InChI=1S/C15H14F3N/c1-19-10-11-5-7-12(8-6-11)13-3-2-4-14(9-13)15(16,17)18/h2-9,19H,10H2,1H3. The molecule has 0 fully saturated rings. The minimum absolute atomic E-state index is 0.575. The van der Waals surface area contributed by atoms with Crippen LogP contribution < -0.4 is 5.32 Å². The second-order valence-corrected chi connectivity index (χ2v) is 4.31. The molecule has 1 N–H and O–H groups in total. The van der Waals surface area contributed by atoms with Gasteiger partial charge >= 0.3 is 6.18 Å². The number of alkyl halides is 3. The summed E-state index contributed by atoms with van der Waals surface area (Å²) < 4.78 is 37.9. The first kappa shape index (κ1) is 13.6. The Morgan fingerprint density at radius 3 is 2.21 bits per heavy atom. The third-order valence-electron chi connectivity index (χ3n) is 2.86. The van der Waals surface area contributed by atoms with Crippen LogP contribution in [0, 0.1) is 0 Å². The summed E-state index contributed by atoms with van der Waals surface area (Å²) in [5.74, 6) is 0. The molecule has 2 rings (SSSR count). The van der Waals surface area contributed by atoms with Crippen LogP contribution >= 0.6 is 0 Å². The monoisotopic (exact) mass is 265 g/mol. The SMILES string of the molecule is CNCc1ccc(-c2cccc(C(F)(F)F)c2)cc1. The molecular weight excluding hydrogens is 251 g/mol. The molecule has 0 saturated carbocycles. The van der Waals surface area contributed by atoms with E-state index >= 15 is 0 Å². The number of halogens is 3. The maximum absolute atomic E-state index is 12.6. The van der Waals surface area contributed by atoms with Crippen LogP contribution in [0.1, 0.15) is 11.1 Å². The van der Waals surface area contributed by atoms with E-state index in [1.165, 1.54) is 12.1 Å². The maximum atomic E-state index is 12.6. The molecule has 4 heteroatoms. The molecule has 0 aliphatic carbocycles. The largest absolute Gasteiger partial charge is 0.416 e. The van der Waals surface area contributed by atoms with Gasteiger partial charge in [-0.1, -0.05) is 36.4 Å². The number of rotatable bonds is 3. The van der Waals surface area contributed by atoms with Crippen molar-refractivity contribution < 1.29 is 13.2 Å². The van der Waals surface area contributed by atoms with Crippen molar-refractivity contribution in [3.8, 4) is 11.1 Å². The topological polar surface area (TPSA) is 12.0 Å². The summed E-state index contributed by atoms with van der Waals surface area (Å²) in [6.45, 7) is 0.739. The average Bonchev–Trinajstić information content (AvgIpc) is 2.39. The summed E-state index contributed by atoms with van der Waals surface area (Å²) in [7, 11) is 1.85. The highest BCUT2D eigenvalue weighted by atomic mass is 19.4. The lowest BCUT2D eigenvalue weighted by atomic mass is 10.0. The van der Waals surface area contributed by atoms with Crippen molar-refractivity contribution in [1.82, 2.24) is 5.32 Å². The summed E-state index contributed by atoms with van der Waals surface area (Å²) in [5, 5.41) is 3.02. The van der Waals surface area contributed by atoms with Crippen molar-refractivity contribution >= 4 is 0 Å². The van der Waals surface area contributed by atoms with Gasteiger partial charge in [-0.2, -0.15) is 13.2 Å². The minimum atomic E-state index is -4.30. The molecule has 0 aromatic heterocycles. The van der Waals surface area contributed by atoms with Gasteiger partial charge in [0.15, 0.2) is 0 Å². The third kappa shape index (κ3) is 3.35. The van der Waals surface area contributed by atoms with E-state index in [4.69, 9.17) is 0 Å². The number of hydrogen-bond acceptors (Lipinski definition) is 1. The van der Waals surface area contributed by atoms with Crippen molar-refractivity contribution in [2.75, 3.05) is 7.05 Å². The van der Waals surface area contributed by atoms with Crippen molar-refractivity contribution in [3.05, 3.63) is 59.7 Å². The van der Waals surface area contributed by atoms with Gasteiger partial charge in [0.1, 0.15) is 0 Å². The Morgan fingerprint density at radius 2 is 1.63 bits per heavy atom. The lowest BCUT2D eigenvalue weighted by Crippen LogP contribution is -2.05. The van der Waals surface area contributed by atoms with Gasteiger partial charge in [-0.15, -0.1) is 0 Å². The lowest BCUT2D eigenvalue weighted by molar-refractivity contribution is -0.137. The normalized spacial score (nSPS) is 11.6. The molecule has 0 heterocycles. The van der Waals surface area contributed by atoms with Gasteiger partial charge < -0.3 is 5.32 Å². The Morgan fingerprint density at radius 1 is 0.947 bits per heavy atom. The molecule has 0 spiro atoms. The quantitative estimate of drug-likeness (QED) is 0.881. The molecule has 100 valence electrons. The molecule has 0 unspecified atom stereocenters. The molecule has 0 saturated heterocycles. The van der Waals surface area contributed by atoms with Crippen molar-refractivity contribution in [2.24, 2.45) is 0 Å². The molecule has 19 heavy (non-hydrogen) atoms. The number of benzene rings is 2. The fraction of sp³-hybridized carbons (Fsp3) is 0.200. The molecule has 0 bridgehead atoms. The highest BCUT2D eigenvalue weighted by molar-refractivity contribution is 5.64. The first-order chi connectivity index (χ1) is 9.00. The molecule has 2 aromatic rings. The van der Waals surface area contributed by atoms with Crippen LogP contribution in [0.4, 0.5) is 13.2 Å². The zero-order valence-electron chi connectivity index (χ0n) is 10.5. The Bertz CT molecular complexity index is 544. The van der Waals surface area contributed by atoms with E-state index in [0.717, 1.165) is 23.7 Å². The fourth-order valence-electron chi connectivity index (χ4n) is 1.89. The highest BCUT2D eigenvalue weighted by Crippen LogP contribution is 2.32. The first-order valence-corrected chi connectivity index (χ1v) is 5.92. The van der Waals surface area contributed by atoms with Gasteiger partial charge in [0.2, 0.25) is 0 Å². The van der Waals surface area contributed by atoms with Gasteiger partial charge in [0.25, 0.3) is 0 Å². The predicted octanol–water partition coefficient (Wildman–Crippen LogP) is 4.09. The van der Waals surface area contributed by atoms with E-state index in [2.05, 4.69) is 5.32 Å². The summed E-state index contributed by atoms with van der Waals surface area (Å²) in [6.07, 6.45) is -4.30. The van der Waals surface area contributed by atoms with Crippen LogP contribution in [0.5, 0.6) is 0 Å². The van der Waals surface area contributed by atoms with Gasteiger partial charge in [0.05, 0.1) is 5.56 Å². The average molecular weight is 265 g/mol. The number of hydrogen-bond donors (Lipinski definition) is 1. The Hall–Kier alpha value is -1.81. The Balaban J connectivity index is 2.31. The molecule has 0 amide bonds. The number of nitrogens with one attached hydrogen (secondary N) is 1. The summed E-state index contributed by atoms with van der Waals surface area (Å²) in [5.41, 5.74) is 1.83. The van der Waals surface area contributed by atoms with E-state index in [0.29, 0.717) is 5.56 Å². The molecule has 0 radical (unpaired) electrons. The lowest BCUT2D eigenvalue weighted by Gasteiger charge is -2.09. The molecule has 2 aromatic carbocycles. The summed E-state index contributed by atoms with van der Waals surface area (Å²) in [6, 6.07) is 12.9. The Kier molecular flexibility index (Phi) is 3.90.